The largest absolute Gasteiger partial charge is 0.481 e. The molecule has 8 N–H and O–H groups in total. The van der Waals surface area contributed by atoms with E-state index in [0.29, 0.717) is 11.3 Å². The molecule has 13 nitrogen and oxygen atoms in total. The number of esters is 1. The zero-order valence-corrected chi connectivity index (χ0v) is 17.8. The van der Waals surface area contributed by atoms with Crippen molar-refractivity contribution in [3.8, 4) is 5.75 Å². The van der Waals surface area contributed by atoms with E-state index in [4.69, 9.17) is 26.1 Å². The molecule has 0 aliphatic heterocycles. The molecule has 0 heterocycles. The molecule has 176 valence electrons. The summed E-state index contributed by atoms with van der Waals surface area (Å²) in [6.07, 6.45) is -0.924. The molecule has 2 rings (SSSR count). The van der Waals surface area contributed by atoms with E-state index >= 15 is 0 Å². The lowest BCUT2D eigenvalue weighted by Gasteiger charge is -2.13. The monoisotopic (exact) mass is 479 g/mol. The highest BCUT2D eigenvalue weighted by Gasteiger charge is 2.26. The van der Waals surface area contributed by atoms with Gasteiger partial charge in [-0.25, -0.2) is 4.79 Å². The molecule has 0 spiro atoms. The van der Waals surface area contributed by atoms with Gasteiger partial charge in [0.05, 0.1) is 12.0 Å². The van der Waals surface area contributed by atoms with Gasteiger partial charge in [0.15, 0.2) is 5.96 Å². The Balaban J connectivity index is 1.93. The number of benzene rings is 2. The van der Waals surface area contributed by atoms with E-state index in [1.807, 2.05) is 0 Å². The third-order valence-electron chi connectivity index (χ3n) is 3.97. The molecule has 33 heavy (non-hydrogen) atoms. The van der Waals surface area contributed by atoms with Crippen molar-refractivity contribution in [1.29, 1.82) is 5.41 Å². The summed E-state index contributed by atoms with van der Waals surface area (Å²) < 4.78 is 33.1. The van der Waals surface area contributed by atoms with E-state index in [0.717, 1.165) is 0 Å². The van der Waals surface area contributed by atoms with E-state index in [9.17, 15) is 22.8 Å². The van der Waals surface area contributed by atoms with Crippen molar-refractivity contribution in [2.45, 2.75) is 19.0 Å². The van der Waals surface area contributed by atoms with Gasteiger partial charge in [-0.1, -0.05) is 12.1 Å². The Morgan fingerprint density at radius 1 is 1.03 bits per heavy atom. The molecule has 14 heteroatoms. The maximum atomic E-state index is 12.2. The van der Waals surface area contributed by atoms with Crippen LogP contribution in [-0.4, -0.2) is 48.5 Å². The topological polar surface area (TPSA) is 221 Å². The van der Waals surface area contributed by atoms with E-state index in [1.165, 1.54) is 36.4 Å². The van der Waals surface area contributed by atoms with Gasteiger partial charge in [0.1, 0.15) is 11.8 Å². The van der Waals surface area contributed by atoms with Gasteiger partial charge >= 0.3 is 17.9 Å². The van der Waals surface area contributed by atoms with Crippen molar-refractivity contribution in [2.24, 2.45) is 5.73 Å². The number of rotatable bonds is 11. The maximum Gasteiger partial charge on any atom is 0.343 e. The predicted molar refractivity (Wildman–Crippen MR) is 116 cm³/mol. The molecule has 0 unspecified atom stereocenters. The van der Waals surface area contributed by atoms with Gasteiger partial charge in [0.2, 0.25) is 0 Å². The molecule has 0 fully saturated rings. The normalized spacial score (nSPS) is 11.9. The molecular formula is C19H21N5O8S. The zero-order valence-electron chi connectivity index (χ0n) is 16.9. The van der Waals surface area contributed by atoms with E-state index in [1.54, 1.807) is 16.9 Å². The minimum absolute atomic E-state index is 0.197. The van der Waals surface area contributed by atoms with Crippen LogP contribution in [0.25, 0.3) is 0 Å². The maximum absolute atomic E-state index is 12.2. The summed E-state index contributed by atoms with van der Waals surface area (Å²) in [7, 11) is -4.30. The Bertz CT molecular complexity index is 1130. The molecule has 0 aromatic heterocycles. The van der Waals surface area contributed by atoms with Crippen LogP contribution in [-0.2, 0) is 26.3 Å². The number of hydrogen-bond acceptors (Lipinski definition) is 7. The lowest BCUT2D eigenvalue weighted by Crippen LogP contribution is -2.47. The Kier molecular flexibility index (Phi) is 8.44. The van der Waals surface area contributed by atoms with Crippen LogP contribution in [0.3, 0.4) is 0 Å². The van der Waals surface area contributed by atoms with Crippen LogP contribution >= 0.6 is 0 Å². The first-order valence-corrected chi connectivity index (χ1v) is 10.7. The Morgan fingerprint density at radius 3 is 2.15 bits per heavy atom. The molecule has 0 bridgehead atoms. The van der Waals surface area contributed by atoms with Gasteiger partial charge in [0, 0.05) is 12.2 Å². The first-order chi connectivity index (χ1) is 15.4. The number of nitrogens with one attached hydrogen (secondary N) is 4. The van der Waals surface area contributed by atoms with Crippen molar-refractivity contribution >= 4 is 39.8 Å². The molecule has 2 aromatic rings. The van der Waals surface area contributed by atoms with Gasteiger partial charge in [-0.05, 0) is 42.0 Å². The van der Waals surface area contributed by atoms with Crippen LogP contribution in [0.5, 0.6) is 5.75 Å². The fourth-order valence-corrected chi connectivity index (χ4v) is 3.45. The summed E-state index contributed by atoms with van der Waals surface area (Å²) in [6.45, 7) is -0.229. The zero-order chi connectivity index (χ0) is 24.6. The minimum Gasteiger partial charge on any atom is -0.481 e. The summed E-state index contributed by atoms with van der Waals surface area (Å²) >= 11 is 0. The first-order valence-electron chi connectivity index (χ1n) is 9.19. The minimum atomic E-state index is -4.30. The second-order valence-electron chi connectivity index (χ2n) is 6.58. The number of anilines is 1. The Morgan fingerprint density at radius 2 is 1.64 bits per heavy atom. The highest BCUT2D eigenvalue weighted by molar-refractivity contribution is 7.87. The first kappa shape index (κ1) is 25.3. The number of carbonyl (C=O) groups is 3. The number of nitrogens with two attached hydrogens (primary N) is 1. The second-order valence-corrected chi connectivity index (χ2v) is 8.11. The third-order valence-corrected chi connectivity index (χ3v) is 5.09. The second kappa shape index (κ2) is 11.0. The van der Waals surface area contributed by atoms with Gasteiger partial charge in [-0.3, -0.25) is 15.0 Å². The standard InChI is InChI=1S/C19H21N5O8S/c20-19(21)23-13-5-3-12(4-6-13)18(29)32-14-7-1-11(2-8-14)10-22-33(30,31)24-15(17(27)28)9-16(25)26/h1-8,15,22,24H,9-10H2,(H,25,26)(H,27,28)(H4,20,21,23)/t15-/m0/s1. The fourth-order valence-electron chi connectivity index (χ4n) is 2.45. The Hall–Kier alpha value is -4.01. The molecule has 0 aliphatic rings. The average Bonchev–Trinajstić information content (AvgIpc) is 2.72. The number of carboxylic acid groups (broad SMARTS) is 2. The number of hydrogen-bond donors (Lipinski definition) is 7. The lowest BCUT2D eigenvalue weighted by atomic mass is 10.2. The number of carbonyl (C=O) groups excluding carboxylic acids is 1. The Labute approximate surface area is 188 Å². The van der Waals surface area contributed by atoms with Crippen LogP contribution in [0.2, 0.25) is 0 Å². The van der Waals surface area contributed by atoms with Crippen molar-refractivity contribution < 1.29 is 37.8 Å². The summed E-state index contributed by atoms with van der Waals surface area (Å²) in [5.74, 6) is -3.79. The van der Waals surface area contributed by atoms with Crippen molar-refractivity contribution in [1.82, 2.24) is 9.44 Å². The molecule has 2 aromatic carbocycles. The SMILES string of the molecule is N=C(N)Nc1ccc(C(=O)Oc2ccc(CNS(=O)(=O)N[C@@H](CC(=O)O)C(=O)O)cc2)cc1. The summed E-state index contributed by atoms with van der Waals surface area (Å²) in [4.78, 5) is 33.9. The predicted octanol–water partition coefficient (Wildman–Crippen LogP) is 0.0631. The highest BCUT2D eigenvalue weighted by Crippen LogP contribution is 2.16. The molecular weight excluding hydrogens is 458 g/mol. The van der Waals surface area contributed by atoms with Crippen molar-refractivity contribution in [3.63, 3.8) is 0 Å². The fraction of sp³-hybridized carbons (Fsp3) is 0.158. The van der Waals surface area contributed by atoms with Crippen LogP contribution in [0.1, 0.15) is 22.3 Å². The third kappa shape index (κ3) is 8.56. The average molecular weight is 479 g/mol. The van der Waals surface area contributed by atoms with E-state index in [-0.39, 0.29) is 23.8 Å². The van der Waals surface area contributed by atoms with Gasteiger partial charge in [-0.15, -0.1) is 0 Å². The summed E-state index contributed by atoms with van der Waals surface area (Å²) in [5, 5.41) is 27.3. The number of ether oxygens (including phenoxy) is 1. The van der Waals surface area contributed by atoms with E-state index in [2.05, 4.69) is 10.0 Å². The number of aliphatic carboxylic acids is 2. The van der Waals surface area contributed by atoms with Gasteiger partial charge < -0.3 is 26.0 Å². The van der Waals surface area contributed by atoms with Crippen LogP contribution in [0.15, 0.2) is 48.5 Å². The highest BCUT2D eigenvalue weighted by atomic mass is 32.2. The van der Waals surface area contributed by atoms with Gasteiger partial charge in [-0.2, -0.15) is 17.9 Å². The van der Waals surface area contributed by atoms with Crippen LogP contribution in [0.4, 0.5) is 5.69 Å². The summed E-state index contributed by atoms with van der Waals surface area (Å²) in [5.41, 5.74) is 6.47. The molecule has 0 radical (unpaired) electrons. The summed E-state index contributed by atoms with van der Waals surface area (Å²) in [6, 6.07) is 10.1. The smallest absolute Gasteiger partial charge is 0.343 e. The van der Waals surface area contributed by atoms with Gasteiger partial charge in [0.25, 0.3) is 10.2 Å². The lowest BCUT2D eigenvalue weighted by molar-refractivity contribution is -0.145. The number of carboxylic acids is 2. The van der Waals surface area contributed by atoms with Crippen LogP contribution < -0.4 is 25.2 Å². The number of guanidine groups is 1. The molecule has 1 atom stereocenters. The molecule has 0 amide bonds. The molecule has 0 saturated heterocycles. The van der Waals surface area contributed by atoms with Crippen LogP contribution in [0, 0.1) is 5.41 Å². The molecule has 0 saturated carbocycles. The van der Waals surface area contributed by atoms with Crippen molar-refractivity contribution in [2.75, 3.05) is 5.32 Å². The molecule has 0 aliphatic carbocycles. The van der Waals surface area contributed by atoms with Crippen molar-refractivity contribution in [3.05, 3.63) is 59.7 Å². The quantitative estimate of drug-likeness (QED) is 0.0993. The van der Waals surface area contributed by atoms with E-state index < -0.39 is 40.6 Å².